The Morgan fingerprint density at radius 1 is 1.12 bits per heavy atom. The second-order valence-electron chi connectivity index (χ2n) is 6.14. The number of anilines is 1. The molecule has 26 heavy (non-hydrogen) atoms. The van der Waals surface area contributed by atoms with Crippen LogP contribution in [-0.4, -0.2) is 36.5 Å². The Kier molecular flexibility index (Phi) is 5.53. The van der Waals surface area contributed by atoms with Gasteiger partial charge in [-0.1, -0.05) is 25.1 Å². The van der Waals surface area contributed by atoms with Gasteiger partial charge >= 0.3 is 0 Å². The van der Waals surface area contributed by atoms with Crippen LogP contribution in [0.1, 0.15) is 29.8 Å². The molecule has 6 nitrogen and oxygen atoms in total. The maximum Gasteiger partial charge on any atom is 0.238 e. The fraction of sp³-hybridized carbons (Fsp3) is 0.300. The van der Waals surface area contributed by atoms with Gasteiger partial charge in [0.2, 0.25) is 12.7 Å². The third-order valence-electron chi connectivity index (χ3n) is 4.24. The number of nitrogens with zero attached hydrogens (tertiary/aromatic N) is 1. The van der Waals surface area contributed by atoms with E-state index in [1.807, 2.05) is 30.0 Å². The van der Waals surface area contributed by atoms with E-state index in [0.717, 1.165) is 23.6 Å². The molecule has 0 radical (unpaired) electrons. The Labute approximate surface area is 152 Å². The van der Waals surface area contributed by atoms with Crippen LogP contribution in [-0.2, 0) is 11.3 Å². The summed E-state index contributed by atoms with van der Waals surface area (Å²) < 4.78 is 10.7. The number of benzene rings is 2. The number of hydrogen-bond donors (Lipinski definition) is 1. The molecule has 6 heteroatoms. The average Bonchev–Trinajstić information content (AvgIpc) is 3.09. The van der Waals surface area contributed by atoms with Crippen LogP contribution < -0.4 is 14.8 Å². The lowest BCUT2D eigenvalue weighted by Crippen LogP contribution is -2.33. The molecular formula is C20H22N2O4. The predicted molar refractivity (Wildman–Crippen MR) is 98.6 cm³/mol. The molecule has 1 N–H and O–H groups in total. The van der Waals surface area contributed by atoms with Gasteiger partial charge in [-0.15, -0.1) is 0 Å². The number of ether oxygens (including phenoxy) is 2. The second kappa shape index (κ2) is 8.01. The Morgan fingerprint density at radius 3 is 2.65 bits per heavy atom. The van der Waals surface area contributed by atoms with Crippen LogP contribution in [0.3, 0.4) is 0 Å². The number of carbonyl (C=O) groups excluding carboxylic acids is 2. The molecule has 1 amide bonds. The molecule has 2 aromatic rings. The summed E-state index contributed by atoms with van der Waals surface area (Å²) in [7, 11) is 0. The zero-order valence-corrected chi connectivity index (χ0v) is 15.0. The van der Waals surface area contributed by atoms with E-state index in [9.17, 15) is 9.59 Å². The molecule has 0 aliphatic carbocycles. The third kappa shape index (κ3) is 4.21. The zero-order valence-electron chi connectivity index (χ0n) is 15.0. The average molecular weight is 354 g/mol. The first kappa shape index (κ1) is 17.9. The van der Waals surface area contributed by atoms with Crippen molar-refractivity contribution in [2.24, 2.45) is 0 Å². The van der Waals surface area contributed by atoms with Crippen LogP contribution in [0.25, 0.3) is 0 Å². The van der Waals surface area contributed by atoms with Crippen molar-refractivity contribution in [1.82, 2.24) is 4.90 Å². The summed E-state index contributed by atoms with van der Waals surface area (Å²) in [5, 5.41) is 2.84. The van der Waals surface area contributed by atoms with Crippen LogP contribution in [0.5, 0.6) is 11.5 Å². The lowest BCUT2D eigenvalue weighted by molar-refractivity contribution is -0.117. The molecule has 0 saturated carbocycles. The van der Waals surface area contributed by atoms with Crippen molar-refractivity contribution in [1.29, 1.82) is 0 Å². The van der Waals surface area contributed by atoms with Crippen molar-refractivity contribution in [3.63, 3.8) is 0 Å². The molecule has 0 atom stereocenters. The van der Waals surface area contributed by atoms with Gasteiger partial charge in [0, 0.05) is 12.1 Å². The molecule has 0 fully saturated rings. The number of hydrogen-bond acceptors (Lipinski definition) is 5. The number of rotatable bonds is 7. The normalized spacial score (nSPS) is 12.3. The first-order valence-corrected chi connectivity index (χ1v) is 8.57. The van der Waals surface area contributed by atoms with E-state index >= 15 is 0 Å². The lowest BCUT2D eigenvalue weighted by atomic mass is 10.1. The van der Waals surface area contributed by atoms with Gasteiger partial charge in [0.05, 0.1) is 12.2 Å². The maximum atomic E-state index is 12.4. The summed E-state index contributed by atoms with van der Waals surface area (Å²) in [6, 6.07) is 12.8. The number of fused-ring (bicyclic) bond motifs is 1. The fourth-order valence-corrected chi connectivity index (χ4v) is 2.87. The Morgan fingerprint density at radius 2 is 1.88 bits per heavy atom. The van der Waals surface area contributed by atoms with Crippen molar-refractivity contribution in [2.75, 3.05) is 25.2 Å². The van der Waals surface area contributed by atoms with Crippen molar-refractivity contribution >= 4 is 17.4 Å². The van der Waals surface area contributed by atoms with Gasteiger partial charge in [-0.25, -0.2) is 0 Å². The van der Waals surface area contributed by atoms with Gasteiger partial charge < -0.3 is 14.8 Å². The summed E-state index contributed by atoms with van der Waals surface area (Å²) in [6.07, 6.45) is 0. The number of likely N-dealkylation sites (N-methyl/N-ethyl adjacent to an activating group) is 1. The number of para-hydroxylation sites is 1. The number of nitrogens with one attached hydrogen (secondary N) is 1. The van der Waals surface area contributed by atoms with Crippen LogP contribution >= 0.6 is 0 Å². The monoisotopic (exact) mass is 354 g/mol. The molecule has 0 spiro atoms. The van der Waals surface area contributed by atoms with Gasteiger partial charge in [-0.05, 0) is 43.3 Å². The SMILES string of the molecule is CCN(CC(=O)Nc1ccccc1C(C)=O)Cc1ccc2c(c1)OCO2. The number of carbonyl (C=O) groups is 2. The van der Waals surface area contributed by atoms with E-state index in [4.69, 9.17) is 9.47 Å². The minimum Gasteiger partial charge on any atom is -0.454 e. The maximum absolute atomic E-state index is 12.4. The highest BCUT2D eigenvalue weighted by molar-refractivity contribution is 6.04. The molecule has 136 valence electrons. The summed E-state index contributed by atoms with van der Waals surface area (Å²) in [6.45, 7) is 5.31. The Hall–Kier alpha value is -2.86. The first-order chi connectivity index (χ1) is 12.6. The molecule has 0 bridgehead atoms. The number of amides is 1. The van der Waals surface area contributed by atoms with Crippen molar-refractivity contribution < 1.29 is 19.1 Å². The quantitative estimate of drug-likeness (QED) is 0.774. The van der Waals surface area contributed by atoms with Crippen LogP contribution in [0, 0.1) is 0 Å². The van der Waals surface area contributed by atoms with E-state index in [2.05, 4.69) is 5.32 Å². The molecule has 1 aliphatic rings. The second-order valence-corrected chi connectivity index (χ2v) is 6.14. The summed E-state index contributed by atoms with van der Waals surface area (Å²) in [5.41, 5.74) is 2.11. The van der Waals surface area contributed by atoms with Crippen molar-refractivity contribution in [3.05, 3.63) is 53.6 Å². The molecule has 1 heterocycles. The number of ketones is 1. The van der Waals surface area contributed by atoms with E-state index < -0.39 is 0 Å². The van der Waals surface area contributed by atoms with Gasteiger partial charge in [-0.2, -0.15) is 0 Å². The van der Waals surface area contributed by atoms with E-state index in [0.29, 0.717) is 17.8 Å². The van der Waals surface area contributed by atoms with Crippen molar-refractivity contribution in [3.8, 4) is 11.5 Å². The van der Waals surface area contributed by atoms with E-state index in [1.54, 1.807) is 24.3 Å². The van der Waals surface area contributed by atoms with Gasteiger partial charge in [0.1, 0.15) is 0 Å². The highest BCUT2D eigenvalue weighted by atomic mass is 16.7. The third-order valence-corrected chi connectivity index (χ3v) is 4.24. The summed E-state index contributed by atoms with van der Waals surface area (Å²) in [5.74, 6) is 1.25. The van der Waals surface area contributed by atoms with Crippen molar-refractivity contribution in [2.45, 2.75) is 20.4 Å². The minimum absolute atomic E-state index is 0.0754. The van der Waals surface area contributed by atoms with Crippen LogP contribution in [0.15, 0.2) is 42.5 Å². The molecule has 0 aromatic heterocycles. The van der Waals surface area contributed by atoms with Crippen LogP contribution in [0.4, 0.5) is 5.69 Å². The fourth-order valence-electron chi connectivity index (χ4n) is 2.87. The minimum atomic E-state index is -0.152. The van der Waals surface area contributed by atoms with E-state index in [1.165, 1.54) is 6.92 Å². The molecule has 1 aliphatic heterocycles. The van der Waals surface area contributed by atoms with Gasteiger partial charge in [0.25, 0.3) is 0 Å². The lowest BCUT2D eigenvalue weighted by Gasteiger charge is -2.20. The smallest absolute Gasteiger partial charge is 0.238 e. The predicted octanol–water partition coefficient (Wildman–Crippen LogP) is 3.08. The summed E-state index contributed by atoms with van der Waals surface area (Å²) in [4.78, 5) is 26.1. The standard InChI is InChI=1S/C20H22N2O4/c1-3-22(11-15-8-9-18-19(10-15)26-13-25-18)12-20(24)21-17-7-5-4-6-16(17)14(2)23/h4-10H,3,11-13H2,1-2H3,(H,21,24). The van der Waals surface area contributed by atoms with Gasteiger partial charge in [0.15, 0.2) is 17.3 Å². The van der Waals surface area contributed by atoms with Gasteiger partial charge in [-0.3, -0.25) is 14.5 Å². The highest BCUT2D eigenvalue weighted by Crippen LogP contribution is 2.32. The number of Topliss-reactive ketones (excluding diaryl/α,β-unsaturated/α-hetero) is 1. The molecule has 0 saturated heterocycles. The summed E-state index contributed by atoms with van der Waals surface area (Å²) >= 11 is 0. The zero-order chi connectivity index (χ0) is 18.5. The molecule has 3 rings (SSSR count). The van der Waals surface area contributed by atoms with E-state index in [-0.39, 0.29) is 25.0 Å². The highest BCUT2D eigenvalue weighted by Gasteiger charge is 2.16. The first-order valence-electron chi connectivity index (χ1n) is 8.57. The topological polar surface area (TPSA) is 67.9 Å². The molecule has 2 aromatic carbocycles. The Bertz CT molecular complexity index is 819. The largest absolute Gasteiger partial charge is 0.454 e. The Balaban J connectivity index is 1.63. The molecule has 0 unspecified atom stereocenters. The molecular weight excluding hydrogens is 332 g/mol. The van der Waals surface area contributed by atoms with Crippen LogP contribution in [0.2, 0.25) is 0 Å².